The van der Waals surface area contributed by atoms with Gasteiger partial charge in [0.2, 0.25) is 10.0 Å². The lowest BCUT2D eigenvalue weighted by Gasteiger charge is -2.11. The monoisotopic (exact) mass is 213 g/mol. The van der Waals surface area contributed by atoms with Crippen LogP contribution in [0.4, 0.5) is 0 Å². The summed E-state index contributed by atoms with van der Waals surface area (Å²) < 4.78 is 26.0. The Bertz CT molecular complexity index is 475. The second-order valence-electron chi connectivity index (χ2n) is 3.22. The van der Waals surface area contributed by atoms with Crippen molar-refractivity contribution in [1.29, 1.82) is 0 Å². The molecule has 1 aromatic rings. The van der Waals surface area contributed by atoms with Crippen molar-refractivity contribution in [2.24, 2.45) is 7.05 Å². The Morgan fingerprint density at radius 1 is 1.57 bits per heavy atom. The van der Waals surface area contributed by atoms with Crippen molar-refractivity contribution in [2.45, 2.75) is 13.1 Å². The van der Waals surface area contributed by atoms with Gasteiger partial charge in [0.15, 0.2) is 0 Å². The zero-order valence-corrected chi connectivity index (χ0v) is 8.66. The zero-order valence-electron chi connectivity index (χ0n) is 7.84. The molecule has 0 unspecified atom stereocenters. The number of hydrogen-bond donors (Lipinski definition) is 0. The molecule has 0 aromatic carbocycles. The summed E-state index contributed by atoms with van der Waals surface area (Å²) in [6.07, 6.45) is 1.70. The summed E-state index contributed by atoms with van der Waals surface area (Å²) in [7, 11) is -1.49. The topological polar surface area (TPSA) is 55.2 Å². The molecule has 0 bridgehead atoms. The van der Waals surface area contributed by atoms with E-state index in [1.165, 1.54) is 4.31 Å². The molecule has 0 aliphatic carbocycles. The molecular weight excluding hydrogens is 202 g/mol. The molecule has 1 aromatic heterocycles. The van der Waals surface area contributed by atoms with E-state index >= 15 is 0 Å². The van der Waals surface area contributed by atoms with Crippen LogP contribution in [0.1, 0.15) is 11.3 Å². The van der Waals surface area contributed by atoms with Crippen LogP contribution >= 0.6 is 0 Å². The molecule has 76 valence electrons. The van der Waals surface area contributed by atoms with Crippen LogP contribution in [-0.2, 0) is 30.2 Å². The van der Waals surface area contributed by atoms with Crippen LogP contribution < -0.4 is 0 Å². The minimum Gasteiger partial charge on any atom is -0.271 e. The first kappa shape index (κ1) is 9.42. The van der Waals surface area contributed by atoms with Crippen LogP contribution in [0.5, 0.6) is 0 Å². The van der Waals surface area contributed by atoms with Crippen LogP contribution in [0, 0.1) is 0 Å². The lowest BCUT2D eigenvalue weighted by Crippen LogP contribution is -2.23. The Labute approximate surface area is 82.7 Å². The molecule has 1 aliphatic heterocycles. The summed E-state index contributed by atoms with van der Waals surface area (Å²) in [6.45, 7) is 4.08. The maximum absolute atomic E-state index is 11.5. The normalized spacial score (nSPS) is 16.9. The van der Waals surface area contributed by atoms with Gasteiger partial charge in [0, 0.05) is 24.6 Å². The maximum Gasteiger partial charge on any atom is 0.236 e. The van der Waals surface area contributed by atoms with E-state index in [1.807, 2.05) is 7.05 Å². The minimum atomic E-state index is -3.30. The molecule has 0 saturated carbocycles. The first-order valence-corrected chi connectivity index (χ1v) is 5.67. The van der Waals surface area contributed by atoms with E-state index in [1.54, 1.807) is 10.9 Å². The Morgan fingerprint density at radius 2 is 2.29 bits per heavy atom. The van der Waals surface area contributed by atoms with Crippen molar-refractivity contribution in [1.82, 2.24) is 14.1 Å². The average molecular weight is 213 g/mol. The molecule has 2 rings (SSSR count). The van der Waals surface area contributed by atoms with Crippen molar-refractivity contribution < 1.29 is 8.42 Å². The highest BCUT2D eigenvalue weighted by molar-refractivity contribution is 7.91. The fraction of sp³-hybridized carbons (Fsp3) is 0.375. The quantitative estimate of drug-likeness (QED) is 0.705. The molecule has 0 atom stereocenters. The third-order valence-electron chi connectivity index (χ3n) is 2.39. The van der Waals surface area contributed by atoms with Crippen LogP contribution in [0.25, 0.3) is 0 Å². The summed E-state index contributed by atoms with van der Waals surface area (Å²) >= 11 is 0. The molecular formula is C8H11N3O2S. The number of aryl methyl sites for hydroxylation is 1. The smallest absolute Gasteiger partial charge is 0.236 e. The maximum atomic E-state index is 11.5. The summed E-state index contributed by atoms with van der Waals surface area (Å²) in [6, 6.07) is 0. The highest BCUT2D eigenvalue weighted by atomic mass is 32.2. The molecule has 1 aliphatic rings. The minimum absolute atomic E-state index is 0.389. The third-order valence-corrected chi connectivity index (χ3v) is 3.79. The highest BCUT2D eigenvalue weighted by Crippen LogP contribution is 2.24. The SMILES string of the molecule is C=CS(=O)(=O)N1Cc2cnn(C)c2C1. The average Bonchev–Trinajstić information content (AvgIpc) is 2.69. The molecule has 5 nitrogen and oxygen atoms in total. The zero-order chi connectivity index (χ0) is 10.3. The van der Waals surface area contributed by atoms with Gasteiger partial charge in [-0.15, -0.1) is 0 Å². The van der Waals surface area contributed by atoms with Crippen molar-refractivity contribution >= 4 is 10.0 Å². The number of sulfonamides is 1. The molecule has 0 spiro atoms. The van der Waals surface area contributed by atoms with Gasteiger partial charge in [0.05, 0.1) is 18.4 Å². The number of rotatable bonds is 2. The number of fused-ring (bicyclic) bond motifs is 1. The van der Waals surface area contributed by atoms with Gasteiger partial charge in [-0.25, -0.2) is 8.42 Å². The Kier molecular flexibility index (Phi) is 1.97. The molecule has 0 radical (unpaired) electrons. The second-order valence-corrected chi connectivity index (χ2v) is 5.10. The first-order chi connectivity index (χ1) is 6.54. The van der Waals surface area contributed by atoms with E-state index in [0.29, 0.717) is 13.1 Å². The van der Waals surface area contributed by atoms with Crippen LogP contribution in [0.2, 0.25) is 0 Å². The van der Waals surface area contributed by atoms with E-state index < -0.39 is 10.0 Å². The Balaban J connectivity index is 2.33. The predicted octanol–water partition coefficient (Wildman–Crippen LogP) is 0.209. The molecule has 0 amide bonds. The summed E-state index contributed by atoms with van der Waals surface area (Å²) in [5.74, 6) is 0. The standard InChI is InChI=1S/C8H11N3O2S/c1-3-14(12,13)11-5-7-4-9-10(2)8(7)6-11/h3-4H,1,5-6H2,2H3. The lowest BCUT2D eigenvalue weighted by molar-refractivity contribution is 0.428. The molecule has 6 heteroatoms. The summed E-state index contributed by atoms with van der Waals surface area (Å²) in [5.41, 5.74) is 1.92. The fourth-order valence-electron chi connectivity index (χ4n) is 1.54. The van der Waals surface area contributed by atoms with Gasteiger partial charge in [-0.2, -0.15) is 9.40 Å². The Hall–Kier alpha value is -1.14. The summed E-state index contributed by atoms with van der Waals surface area (Å²) in [5, 5.41) is 5.03. The van der Waals surface area contributed by atoms with Gasteiger partial charge in [0.25, 0.3) is 0 Å². The van der Waals surface area contributed by atoms with Crippen molar-refractivity contribution in [3.63, 3.8) is 0 Å². The number of nitrogens with zero attached hydrogens (tertiary/aromatic N) is 3. The molecule has 0 saturated heterocycles. The van der Waals surface area contributed by atoms with E-state index in [-0.39, 0.29) is 0 Å². The highest BCUT2D eigenvalue weighted by Gasteiger charge is 2.29. The third kappa shape index (κ3) is 1.27. The second kappa shape index (κ2) is 2.93. The van der Waals surface area contributed by atoms with Gasteiger partial charge < -0.3 is 0 Å². The Morgan fingerprint density at radius 3 is 2.86 bits per heavy atom. The van der Waals surface area contributed by atoms with Crippen molar-refractivity contribution in [2.75, 3.05) is 0 Å². The molecule has 0 fully saturated rings. The van der Waals surface area contributed by atoms with E-state index in [2.05, 4.69) is 11.7 Å². The van der Waals surface area contributed by atoms with Gasteiger partial charge in [0.1, 0.15) is 0 Å². The first-order valence-electron chi connectivity index (χ1n) is 4.17. The fourth-order valence-corrected chi connectivity index (χ4v) is 2.37. The molecule has 14 heavy (non-hydrogen) atoms. The van der Waals surface area contributed by atoms with Crippen molar-refractivity contribution in [3.8, 4) is 0 Å². The van der Waals surface area contributed by atoms with Crippen LogP contribution in [0.3, 0.4) is 0 Å². The molecule has 2 heterocycles. The van der Waals surface area contributed by atoms with Gasteiger partial charge in [-0.3, -0.25) is 4.68 Å². The molecule has 0 N–H and O–H groups in total. The van der Waals surface area contributed by atoms with Crippen molar-refractivity contribution in [3.05, 3.63) is 29.4 Å². The van der Waals surface area contributed by atoms with E-state index in [0.717, 1.165) is 16.7 Å². The van der Waals surface area contributed by atoms with Crippen LogP contribution in [0.15, 0.2) is 18.2 Å². The number of hydrogen-bond acceptors (Lipinski definition) is 3. The van der Waals surface area contributed by atoms with Gasteiger partial charge in [-0.05, 0) is 0 Å². The number of aromatic nitrogens is 2. The van der Waals surface area contributed by atoms with E-state index in [4.69, 9.17) is 0 Å². The predicted molar refractivity (Wildman–Crippen MR) is 51.6 cm³/mol. The largest absolute Gasteiger partial charge is 0.271 e. The lowest BCUT2D eigenvalue weighted by atomic mass is 10.3. The van der Waals surface area contributed by atoms with E-state index in [9.17, 15) is 8.42 Å². The summed E-state index contributed by atoms with van der Waals surface area (Å²) in [4.78, 5) is 0. The van der Waals surface area contributed by atoms with Gasteiger partial charge >= 0.3 is 0 Å². The van der Waals surface area contributed by atoms with Crippen LogP contribution in [-0.4, -0.2) is 22.5 Å². The van der Waals surface area contributed by atoms with Gasteiger partial charge in [-0.1, -0.05) is 6.58 Å².